The van der Waals surface area contributed by atoms with Gasteiger partial charge in [-0.3, -0.25) is 0 Å². The molecule has 5 heteroatoms. The van der Waals surface area contributed by atoms with Crippen molar-refractivity contribution in [1.82, 2.24) is 14.8 Å². The van der Waals surface area contributed by atoms with Crippen LogP contribution in [-0.4, -0.2) is 14.8 Å². The van der Waals surface area contributed by atoms with Crippen molar-refractivity contribution in [2.75, 3.05) is 0 Å². The highest BCUT2D eigenvalue weighted by Gasteiger charge is 2.26. The van der Waals surface area contributed by atoms with Crippen LogP contribution in [0.3, 0.4) is 0 Å². The van der Waals surface area contributed by atoms with Crippen LogP contribution < -0.4 is 0 Å². The molecule has 2 aromatic heterocycles. The Balaban J connectivity index is 2.33. The van der Waals surface area contributed by atoms with Crippen LogP contribution >= 0.6 is 23.2 Å². The molecule has 0 bridgehead atoms. The summed E-state index contributed by atoms with van der Waals surface area (Å²) in [5.41, 5.74) is 0.796. The number of pyridine rings is 1. The lowest BCUT2D eigenvalue weighted by Crippen LogP contribution is -1.97. The van der Waals surface area contributed by atoms with Crippen molar-refractivity contribution in [2.24, 2.45) is 0 Å². The summed E-state index contributed by atoms with van der Waals surface area (Å²) in [4.78, 5) is 4.24. The van der Waals surface area contributed by atoms with Gasteiger partial charge in [0.05, 0.1) is 22.6 Å². The monoisotopic (exact) mass is 227 g/mol. The van der Waals surface area contributed by atoms with Crippen LogP contribution in [0.2, 0.25) is 10.2 Å². The molecular formula is C9H7Cl2N3. The van der Waals surface area contributed by atoms with E-state index in [1.165, 1.54) is 12.8 Å². The van der Waals surface area contributed by atoms with Gasteiger partial charge in [-0.1, -0.05) is 23.2 Å². The van der Waals surface area contributed by atoms with Crippen LogP contribution in [0.4, 0.5) is 0 Å². The van der Waals surface area contributed by atoms with Gasteiger partial charge in [-0.2, -0.15) is 5.10 Å². The Labute approximate surface area is 90.6 Å². The standard InChI is InChI=1S/C9H7Cl2N3/c10-7-3-8(11)13-9-6(7)4-12-14(9)5-1-2-5/h3-5H,1-2H2. The molecule has 2 heterocycles. The maximum Gasteiger partial charge on any atom is 0.161 e. The van der Waals surface area contributed by atoms with Crippen LogP contribution in [0.15, 0.2) is 12.3 Å². The molecule has 1 aliphatic rings. The first kappa shape index (κ1) is 8.50. The van der Waals surface area contributed by atoms with E-state index in [1.54, 1.807) is 12.3 Å². The molecule has 1 aliphatic carbocycles. The first-order chi connectivity index (χ1) is 6.75. The van der Waals surface area contributed by atoms with Gasteiger partial charge in [0, 0.05) is 0 Å². The van der Waals surface area contributed by atoms with Gasteiger partial charge in [-0.25, -0.2) is 9.67 Å². The zero-order chi connectivity index (χ0) is 9.71. The number of fused-ring (bicyclic) bond motifs is 1. The number of halogens is 2. The van der Waals surface area contributed by atoms with E-state index in [2.05, 4.69) is 10.1 Å². The largest absolute Gasteiger partial charge is 0.244 e. The SMILES string of the molecule is Clc1cc(Cl)c2cnn(C3CC3)c2n1. The molecular weight excluding hydrogens is 221 g/mol. The smallest absolute Gasteiger partial charge is 0.161 e. The zero-order valence-corrected chi connectivity index (χ0v) is 8.76. The predicted molar refractivity (Wildman–Crippen MR) is 55.8 cm³/mol. The summed E-state index contributed by atoms with van der Waals surface area (Å²) in [6, 6.07) is 2.14. The zero-order valence-electron chi connectivity index (χ0n) is 7.24. The van der Waals surface area contributed by atoms with E-state index in [1.807, 2.05) is 4.68 Å². The molecule has 0 aliphatic heterocycles. The molecule has 0 amide bonds. The minimum Gasteiger partial charge on any atom is -0.244 e. The molecule has 2 aromatic rings. The second-order valence-corrected chi connectivity index (χ2v) is 4.28. The van der Waals surface area contributed by atoms with Crippen molar-refractivity contribution in [3.63, 3.8) is 0 Å². The average molecular weight is 228 g/mol. The maximum atomic E-state index is 6.02. The predicted octanol–water partition coefficient (Wildman–Crippen LogP) is 3.07. The highest BCUT2D eigenvalue weighted by Crippen LogP contribution is 2.37. The summed E-state index contributed by atoms with van der Waals surface area (Å²) in [6.45, 7) is 0. The molecule has 0 radical (unpaired) electrons. The Morgan fingerprint density at radius 3 is 2.86 bits per heavy atom. The van der Waals surface area contributed by atoms with Crippen LogP contribution in [0.1, 0.15) is 18.9 Å². The second kappa shape index (κ2) is 2.84. The Bertz CT molecular complexity index is 502. The van der Waals surface area contributed by atoms with Crippen molar-refractivity contribution in [1.29, 1.82) is 0 Å². The van der Waals surface area contributed by atoms with Gasteiger partial charge in [0.2, 0.25) is 0 Å². The summed E-state index contributed by atoms with van der Waals surface area (Å²) >= 11 is 11.9. The third kappa shape index (κ3) is 1.20. The lowest BCUT2D eigenvalue weighted by molar-refractivity contribution is 0.658. The Morgan fingerprint density at radius 2 is 2.14 bits per heavy atom. The fourth-order valence-electron chi connectivity index (χ4n) is 1.54. The van der Waals surface area contributed by atoms with Crippen molar-refractivity contribution in [2.45, 2.75) is 18.9 Å². The minimum atomic E-state index is 0.421. The fourth-order valence-corrected chi connectivity index (χ4v) is 2.02. The van der Waals surface area contributed by atoms with E-state index in [-0.39, 0.29) is 0 Å². The Hall–Kier alpha value is -0.800. The van der Waals surface area contributed by atoms with E-state index in [4.69, 9.17) is 23.2 Å². The third-order valence-electron chi connectivity index (χ3n) is 2.38. The van der Waals surface area contributed by atoms with E-state index >= 15 is 0 Å². The first-order valence-corrected chi connectivity index (χ1v) is 5.20. The van der Waals surface area contributed by atoms with E-state index in [0.29, 0.717) is 16.2 Å². The molecule has 1 saturated carbocycles. The molecule has 0 unspecified atom stereocenters. The quantitative estimate of drug-likeness (QED) is 0.702. The summed E-state index contributed by atoms with van der Waals surface area (Å²) in [5.74, 6) is 0. The van der Waals surface area contributed by atoms with Gasteiger partial charge in [-0.05, 0) is 18.9 Å². The molecule has 72 valence electrons. The van der Waals surface area contributed by atoms with Gasteiger partial charge < -0.3 is 0 Å². The average Bonchev–Trinajstić information content (AvgIpc) is 2.87. The number of hydrogen-bond acceptors (Lipinski definition) is 2. The molecule has 14 heavy (non-hydrogen) atoms. The highest BCUT2D eigenvalue weighted by atomic mass is 35.5. The summed E-state index contributed by atoms with van der Waals surface area (Å²) in [5, 5.41) is 6.19. The third-order valence-corrected chi connectivity index (χ3v) is 2.88. The van der Waals surface area contributed by atoms with Crippen LogP contribution in [0.5, 0.6) is 0 Å². The van der Waals surface area contributed by atoms with Gasteiger partial charge >= 0.3 is 0 Å². The summed E-state index contributed by atoms with van der Waals surface area (Å²) < 4.78 is 1.91. The molecule has 0 spiro atoms. The van der Waals surface area contributed by atoms with Gasteiger partial charge in [0.1, 0.15) is 5.15 Å². The number of nitrogens with zero attached hydrogens (tertiary/aromatic N) is 3. The topological polar surface area (TPSA) is 30.7 Å². The van der Waals surface area contributed by atoms with Crippen molar-refractivity contribution in [3.05, 3.63) is 22.4 Å². The second-order valence-electron chi connectivity index (χ2n) is 3.48. The fraction of sp³-hybridized carbons (Fsp3) is 0.333. The van der Waals surface area contributed by atoms with Crippen LogP contribution in [-0.2, 0) is 0 Å². The van der Waals surface area contributed by atoms with Gasteiger partial charge in [0.15, 0.2) is 5.65 Å². The highest BCUT2D eigenvalue weighted by molar-refractivity contribution is 6.37. The number of rotatable bonds is 1. The van der Waals surface area contributed by atoms with Crippen LogP contribution in [0, 0.1) is 0 Å². The van der Waals surface area contributed by atoms with Crippen LogP contribution in [0.25, 0.3) is 11.0 Å². The maximum absolute atomic E-state index is 6.02. The summed E-state index contributed by atoms with van der Waals surface area (Å²) in [6.07, 6.45) is 4.09. The molecule has 3 nitrogen and oxygen atoms in total. The van der Waals surface area contributed by atoms with E-state index < -0.39 is 0 Å². The van der Waals surface area contributed by atoms with Crippen molar-refractivity contribution >= 4 is 34.2 Å². The van der Waals surface area contributed by atoms with Crippen molar-refractivity contribution in [3.8, 4) is 0 Å². The number of aromatic nitrogens is 3. The molecule has 0 atom stereocenters. The summed E-state index contributed by atoms with van der Waals surface area (Å²) in [7, 11) is 0. The van der Waals surface area contributed by atoms with Gasteiger partial charge in [0.25, 0.3) is 0 Å². The van der Waals surface area contributed by atoms with E-state index in [9.17, 15) is 0 Å². The number of hydrogen-bond donors (Lipinski definition) is 0. The van der Waals surface area contributed by atoms with Gasteiger partial charge in [-0.15, -0.1) is 0 Å². The molecule has 0 saturated heterocycles. The Morgan fingerprint density at radius 1 is 1.36 bits per heavy atom. The first-order valence-electron chi connectivity index (χ1n) is 4.45. The molecule has 0 aromatic carbocycles. The van der Waals surface area contributed by atoms with E-state index in [0.717, 1.165) is 11.0 Å². The lowest BCUT2D eigenvalue weighted by Gasteiger charge is -2.00. The van der Waals surface area contributed by atoms with Crippen molar-refractivity contribution < 1.29 is 0 Å². The molecule has 3 rings (SSSR count). The Kier molecular flexibility index (Phi) is 1.73. The molecule has 0 N–H and O–H groups in total. The normalized spacial score (nSPS) is 16.4. The lowest BCUT2D eigenvalue weighted by atomic mass is 10.3. The molecule has 1 fully saturated rings. The minimum absolute atomic E-state index is 0.421.